The molecule has 0 aliphatic rings. The number of aryl methyl sites for hydroxylation is 1. The molecule has 0 bridgehead atoms. The van der Waals surface area contributed by atoms with Crippen molar-refractivity contribution in [2.24, 2.45) is 7.05 Å². The second-order valence-electron chi connectivity index (χ2n) is 5.52. The van der Waals surface area contributed by atoms with Gasteiger partial charge in [0.25, 0.3) is 11.8 Å². The topological polar surface area (TPSA) is 72.4 Å². The van der Waals surface area contributed by atoms with Crippen molar-refractivity contribution in [3.05, 3.63) is 56.9 Å². The van der Waals surface area contributed by atoms with Crippen LogP contribution in [0.5, 0.6) is 0 Å². The number of fused-ring (bicyclic) bond motifs is 1. The summed E-state index contributed by atoms with van der Waals surface area (Å²) in [6.45, 7) is 0.0857. The standard InChI is InChI=1S/C17H15BrFN3O3S/c1-22-7-9(18)6-12(22)16(23)20-21-17(24)15-10(8-25-2)14-11(19)4-3-5-13(14)26-15/h3-7H,8H2,1-2H3,(H,20,23)(H,21,24). The number of hydrogen-bond acceptors (Lipinski definition) is 4. The Kier molecular flexibility index (Phi) is 5.40. The number of carbonyl (C=O) groups is 2. The van der Waals surface area contributed by atoms with E-state index < -0.39 is 17.6 Å². The van der Waals surface area contributed by atoms with Crippen molar-refractivity contribution >= 4 is 49.2 Å². The number of halogens is 2. The average molecular weight is 440 g/mol. The number of carbonyl (C=O) groups excluding carboxylic acids is 2. The summed E-state index contributed by atoms with van der Waals surface area (Å²) in [5.41, 5.74) is 5.58. The predicted octanol–water partition coefficient (Wildman–Crippen LogP) is 3.36. The molecule has 0 radical (unpaired) electrons. The van der Waals surface area contributed by atoms with Crippen molar-refractivity contribution in [1.82, 2.24) is 15.4 Å². The van der Waals surface area contributed by atoms with Crippen molar-refractivity contribution in [1.29, 1.82) is 0 Å². The molecule has 0 saturated heterocycles. The van der Waals surface area contributed by atoms with Crippen LogP contribution in [-0.4, -0.2) is 23.5 Å². The predicted molar refractivity (Wildman–Crippen MR) is 101 cm³/mol. The van der Waals surface area contributed by atoms with Crippen LogP contribution in [0.4, 0.5) is 4.39 Å². The number of aromatic nitrogens is 1. The molecule has 2 aromatic heterocycles. The second kappa shape index (κ2) is 7.56. The van der Waals surface area contributed by atoms with E-state index in [2.05, 4.69) is 26.8 Å². The van der Waals surface area contributed by atoms with Gasteiger partial charge < -0.3 is 9.30 Å². The van der Waals surface area contributed by atoms with E-state index in [0.717, 1.165) is 15.8 Å². The molecule has 2 N–H and O–H groups in total. The third-order valence-corrected chi connectivity index (χ3v) is 5.38. The SMILES string of the molecule is COCc1c(C(=O)NNC(=O)c2cc(Br)cn2C)sc2cccc(F)c12. The van der Waals surface area contributed by atoms with Crippen LogP contribution in [0.1, 0.15) is 25.7 Å². The van der Waals surface area contributed by atoms with E-state index >= 15 is 0 Å². The van der Waals surface area contributed by atoms with Gasteiger partial charge >= 0.3 is 0 Å². The highest BCUT2D eigenvalue weighted by atomic mass is 79.9. The van der Waals surface area contributed by atoms with Gasteiger partial charge in [-0.1, -0.05) is 6.07 Å². The first-order valence-corrected chi connectivity index (χ1v) is 9.14. The summed E-state index contributed by atoms with van der Waals surface area (Å²) in [6.07, 6.45) is 1.72. The molecule has 2 heterocycles. The summed E-state index contributed by atoms with van der Waals surface area (Å²) in [5.74, 6) is -1.41. The third kappa shape index (κ3) is 3.50. The summed E-state index contributed by atoms with van der Waals surface area (Å²) in [7, 11) is 3.19. The summed E-state index contributed by atoms with van der Waals surface area (Å²) in [5, 5.41) is 0.363. The Morgan fingerprint density at radius 1 is 1.31 bits per heavy atom. The number of amides is 2. The van der Waals surface area contributed by atoms with Gasteiger partial charge in [0.1, 0.15) is 16.4 Å². The molecule has 2 amide bonds. The highest BCUT2D eigenvalue weighted by Crippen LogP contribution is 2.33. The van der Waals surface area contributed by atoms with E-state index in [1.165, 1.54) is 13.2 Å². The van der Waals surface area contributed by atoms with Crippen LogP contribution in [0.2, 0.25) is 0 Å². The minimum atomic E-state index is -0.528. The zero-order valence-corrected chi connectivity index (χ0v) is 16.3. The van der Waals surface area contributed by atoms with Gasteiger partial charge in [0.05, 0.1) is 6.61 Å². The number of hydrazine groups is 1. The Morgan fingerprint density at radius 2 is 2.04 bits per heavy atom. The number of ether oxygens (including phenoxy) is 1. The van der Waals surface area contributed by atoms with Gasteiger partial charge in [-0.2, -0.15) is 0 Å². The van der Waals surface area contributed by atoms with Crippen molar-refractivity contribution in [2.75, 3.05) is 7.11 Å². The number of nitrogens with one attached hydrogen (secondary N) is 2. The molecule has 26 heavy (non-hydrogen) atoms. The molecule has 136 valence electrons. The van der Waals surface area contributed by atoms with E-state index in [1.54, 1.807) is 36.0 Å². The Hall–Kier alpha value is -2.23. The summed E-state index contributed by atoms with van der Waals surface area (Å²) in [6, 6.07) is 6.29. The molecule has 1 aromatic carbocycles. The molecule has 0 spiro atoms. The van der Waals surface area contributed by atoms with Crippen LogP contribution in [0.15, 0.2) is 34.9 Å². The van der Waals surface area contributed by atoms with Gasteiger partial charge in [-0.05, 0) is 34.1 Å². The molecule has 3 rings (SSSR count). The number of benzene rings is 1. The van der Waals surface area contributed by atoms with Gasteiger partial charge in [-0.3, -0.25) is 20.4 Å². The third-order valence-electron chi connectivity index (χ3n) is 3.75. The molecule has 9 heteroatoms. The molecule has 3 aromatic rings. The quantitative estimate of drug-likeness (QED) is 0.612. The van der Waals surface area contributed by atoms with Crippen LogP contribution in [0.25, 0.3) is 10.1 Å². The molecule has 0 aliphatic carbocycles. The normalized spacial score (nSPS) is 10.9. The molecule has 6 nitrogen and oxygen atoms in total. The highest BCUT2D eigenvalue weighted by Gasteiger charge is 2.21. The number of methoxy groups -OCH3 is 1. The van der Waals surface area contributed by atoms with Gasteiger partial charge in [-0.25, -0.2) is 4.39 Å². The van der Waals surface area contributed by atoms with Crippen LogP contribution in [0, 0.1) is 5.82 Å². The zero-order chi connectivity index (χ0) is 18.8. The maximum atomic E-state index is 14.2. The number of nitrogens with zero attached hydrogens (tertiary/aromatic N) is 1. The lowest BCUT2D eigenvalue weighted by Gasteiger charge is -2.08. The Balaban J connectivity index is 1.83. The zero-order valence-electron chi connectivity index (χ0n) is 13.9. The van der Waals surface area contributed by atoms with Crippen LogP contribution >= 0.6 is 27.3 Å². The monoisotopic (exact) mass is 439 g/mol. The minimum absolute atomic E-state index is 0.0857. The van der Waals surface area contributed by atoms with Crippen molar-refractivity contribution in [3.8, 4) is 0 Å². The number of thiophene rings is 1. The Bertz CT molecular complexity index is 999. The summed E-state index contributed by atoms with van der Waals surface area (Å²) < 4.78 is 22.3. The fraction of sp³-hybridized carbons (Fsp3) is 0.176. The maximum absolute atomic E-state index is 14.2. The van der Waals surface area contributed by atoms with E-state index in [1.807, 2.05) is 0 Å². The van der Waals surface area contributed by atoms with E-state index in [0.29, 0.717) is 26.2 Å². The molecule has 0 saturated carbocycles. The summed E-state index contributed by atoms with van der Waals surface area (Å²) in [4.78, 5) is 25.0. The van der Waals surface area contributed by atoms with E-state index in [9.17, 15) is 14.0 Å². The first-order valence-electron chi connectivity index (χ1n) is 7.53. The van der Waals surface area contributed by atoms with Gasteiger partial charge in [0.2, 0.25) is 0 Å². The number of rotatable bonds is 4. The molecule has 0 unspecified atom stereocenters. The first kappa shape index (κ1) is 18.6. The fourth-order valence-electron chi connectivity index (χ4n) is 2.62. The lowest BCUT2D eigenvalue weighted by Crippen LogP contribution is -2.42. The van der Waals surface area contributed by atoms with Crippen LogP contribution in [0.3, 0.4) is 0 Å². The smallest absolute Gasteiger partial charge is 0.286 e. The van der Waals surface area contributed by atoms with Crippen LogP contribution in [-0.2, 0) is 18.4 Å². The summed E-state index contributed by atoms with van der Waals surface area (Å²) >= 11 is 4.43. The largest absolute Gasteiger partial charge is 0.380 e. The fourth-order valence-corrected chi connectivity index (χ4v) is 4.26. The van der Waals surface area contributed by atoms with E-state index in [-0.39, 0.29) is 6.61 Å². The molecule has 0 aliphatic heterocycles. The van der Waals surface area contributed by atoms with Crippen LogP contribution < -0.4 is 10.9 Å². The van der Waals surface area contributed by atoms with Gasteiger partial charge in [0.15, 0.2) is 0 Å². The maximum Gasteiger partial charge on any atom is 0.286 e. The first-order chi connectivity index (χ1) is 12.4. The Morgan fingerprint density at radius 3 is 2.69 bits per heavy atom. The lowest BCUT2D eigenvalue weighted by molar-refractivity contribution is 0.0842. The Labute approximate surface area is 161 Å². The van der Waals surface area contributed by atoms with Crippen molar-refractivity contribution in [2.45, 2.75) is 6.61 Å². The van der Waals surface area contributed by atoms with Crippen molar-refractivity contribution < 1.29 is 18.7 Å². The molecule has 0 fully saturated rings. The second-order valence-corrected chi connectivity index (χ2v) is 7.49. The highest BCUT2D eigenvalue weighted by molar-refractivity contribution is 9.10. The van der Waals surface area contributed by atoms with Gasteiger partial charge in [-0.15, -0.1) is 11.3 Å². The van der Waals surface area contributed by atoms with Crippen molar-refractivity contribution in [3.63, 3.8) is 0 Å². The molecular formula is C17H15BrFN3O3S. The number of hydrogen-bond donors (Lipinski definition) is 2. The lowest BCUT2D eigenvalue weighted by atomic mass is 10.1. The molecular weight excluding hydrogens is 425 g/mol. The average Bonchev–Trinajstić information content (AvgIpc) is 3.13. The molecule has 0 atom stereocenters. The van der Waals surface area contributed by atoms with E-state index in [4.69, 9.17) is 4.74 Å². The minimum Gasteiger partial charge on any atom is -0.380 e. The van der Waals surface area contributed by atoms with Gasteiger partial charge in [0, 0.05) is 40.5 Å².